The van der Waals surface area contributed by atoms with E-state index in [1.165, 1.54) is 36.4 Å². The third kappa shape index (κ3) is 4.04. The number of nitrogens with zero attached hydrogens (tertiary/aromatic N) is 1. The maximum Gasteiger partial charge on any atom is 0.0931 e. The van der Waals surface area contributed by atoms with E-state index < -0.39 is 0 Å². The van der Waals surface area contributed by atoms with Gasteiger partial charge in [-0.2, -0.15) is 0 Å². The zero-order valence-corrected chi connectivity index (χ0v) is 15.0. The van der Waals surface area contributed by atoms with Gasteiger partial charge in [0.25, 0.3) is 0 Å². The molecule has 1 nitrogen and oxygen atoms in total. The van der Waals surface area contributed by atoms with Crippen LogP contribution in [-0.4, -0.2) is 9.81 Å². The summed E-state index contributed by atoms with van der Waals surface area (Å²) in [5.41, 5.74) is 1.43. The van der Waals surface area contributed by atoms with Crippen LogP contribution in [0.4, 0.5) is 0 Å². The van der Waals surface area contributed by atoms with E-state index >= 15 is 0 Å². The Hall–Kier alpha value is 0.110. The summed E-state index contributed by atoms with van der Waals surface area (Å²) in [5.74, 6) is 1.71. The van der Waals surface area contributed by atoms with Gasteiger partial charge in [-0.1, -0.05) is 50.0 Å². The lowest BCUT2D eigenvalue weighted by Crippen LogP contribution is -2.26. The molecular formula is C16H26BrNS. The molecule has 0 N–H and O–H groups in total. The molecule has 0 aromatic carbocycles. The second-order valence-corrected chi connectivity index (χ2v) is 9.06. The summed E-state index contributed by atoms with van der Waals surface area (Å²) in [6.45, 7) is 9.06. The van der Waals surface area contributed by atoms with Crippen LogP contribution >= 0.6 is 27.3 Å². The van der Waals surface area contributed by atoms with Crippen molar-refractivity contribution in [3.63, 3.8) is 0 Å². The zero-order valence-electron chi connectivity index (χ0n) is 12.6. The van der Waals surface area contributed by atoms with Crippen molar-refractivity contribution in [1.29, 1.82) is 0 Å². The van der Waals surface area contributed by atoms with Gasteiger partial charge in [-0.05, 0) is 31.1 Å². The van der Waals surface area contributed by atoms with Gasteiger partial charge in [0.1, 0.15) is 0 Å². The van der Waals surface area contributed by atoms with Crippen LogP contribution in [-0.2, 0) is 11.8 Å². The van der Waals surface area contributed by atoms with Gasteiger partial charge in [0, 0.05) is 22.0 Å². The molecule has 108 valence electrons. The number of halogens is 1. The van der Waals surface area contributed by atoms with Crippen molar-refractivity contribution in [3.8, 4) is 0 Å². The summed E-state index contributed by atoms with van der Waals surface area (Å²) in [6, 6.07) is 0. The molecule has 1 fully saturated rings. The molecule has 0 saturated heterocycles. The molecular weight excluding hydrogens is 318 g/mol. The fourth-order valence-electron chi connectivity index (χ4n) is 2.88. The molecule has 0 radical (unpaired) electrons. The largest absolute Gasteiger partial charge is 0.246 e. The summed E-state index contributed by atoms with van der Waals surface area (Å²) in [5, 5.41) is 3.58. The van der Waals surface area contributed by atoms with Crippen molar-refractivity contribution in [2.24, 2.45) is 11.8 Å². The van der Waals surface area contributed by atoms with Crippen LogP contribution in [0.3, 0.4) is 0 Å². The van der Waals surface area contributed by atoms with Crippen LogP contribution in [0.5, 0.6) is 0 Å². The van der Waals surface area contributed by atoms with Crippen LogP contribution in [0.2, 0.25) is 0 Å². The van der Waals surface area contributed by atoms with E-state index in [1.54, 1.807) is 0 Å². The number of thiazole rings is 1. The van der Waals surface area contributed by atoms with Crippen molar-refractivity contribution >= 4 is 27.3 Å². The van der Waals surface area contributed by atoms with Gasteiger partial charge in [-0.3, -0.25) is 0 Å². The standard InChI is InChI=1S/C16H26BrNS/c1-5-11-6-7-13(17)12(8-11)9-15-18-14(10-19-15)16(2,3)4/h10-13H,5-9H2,1-4H3. The van der Waals surface area contributed by atoms with Gasteiger partial charge < -0.3 is 0 Å². The van der Waals surface area contributed by atoms with E-state index in [4.69, 9.17) is 4.98 Å². The predicted octanol–water partition coefficient (Wildman–Crippen LogP) is 5.57. The zero-order chi connectivity index (χ0) is 14.0. The van der Waals surface area contributed by atoms with E-state index in [1.807, 2.05) is 11.3 Å². The second kappa shape index (κ2) is 6.26. The Labute approximate surface area is 130 Å². The van der Waals surface area contributed by atoms with Gasteiger partial charge in [0.05, 0.1) is 10.7 Å². The summed E-state index contributed by atoms with van der Waals surface area (Å²) in [7, 11) is 0. The summed E-state index contributed by atoms with van der Waals surface area (Å²) in [6.07, 6.45) is 6.60. The van der Waals surface area contributed by atoms with Crippen molar-refractivity contribution in [3.05, 3.63) is 16.1 Å². The van der Waals surface area contributed by atoms with Crippen molar-refractivity contribution < 1.29 is 0 Å². The number of alkyl halides is 1. The maximum atomic E-state index is 4.86. The Balaban J connectivity index is 2.01. The fourth-order valence-corrected chi connectivity index (χ4v) is 4.66. The highest BCUT2D eigenvalue weighted by molar-refractivity contribution is 9.09. The lowest BCUT2D eigenvalue weighted by atomic mass is 9.79. The first kappa shape index (κ1) is 15.5. The molecule has 1 aliphatic carbocycles. The lowest BCUT2D eigenvalue weighted by Gasteiger charge is -2.32. The topological polar surface area (TPSA) is 12.9 Å². The summed E-state index contributed by atoms with van der Waals surface area (Å²) < 4.78 is 0. The molecule has 2 rings (SSSR count). The highest BCUT2D eigenvalue weighted by atomic mass is 79.9. The lowest BCUT2D eigenvalue weighted by molar-refractivity contribution is 0.271. The normalized spacial score (nSPS) is 28.6. The van der Waals surface area contributed by atoms with E-state index in [9.17, 15) is 0 Å². The maximum absolute atomic E-state index is 4.86. The summed E-state index contributed by atoms with van der Waals surface area (Å²) >= 11 is 5.74. The monoisotopic (exact) mass is 343 g/mol. The van der Waals surface area contributed by atoms with Gasteiger partial charge in [0.2, 0.25) is 0 Å². The van der Waals surface area contributed by atoms with Gasteiger partial charge >= 0.3 is 0 Å². The van der Waals surface area contributed by atoms with Crippen LogP contribution < -0.4 is 0 Å². The molecule has 19 heavy (non-hydrogen) atoms. The molecule has 0 amide bonds. The van der Waals surface area contributed by atoms with Gasteiger partial charge in [0.15, 0.2) is 0 Å². The average Bonchev–Trinajstić information content (AvgIpc) is 2.80. The van der Waals surface area contributed by atoms with Crippen molar-refractivity contribution in [2.75, 3.05) is 0 Å². The molecule has 1 saturated carbocycles. The highest BCUT2D eigenvalue weighted by Gasteiger charge is 2.29. The SMILES string of the molecule is CCC1CCC(Br)C(Cc2nc(C(C)(C)C)cs2)C1. The average molecular weight is 344 g/mol. The summed E-state index contributed by atoms with van der Waals surface area (Å²) in [4.78, 5) is 5.55. The van der Waals surface area contributed by atoms with E-state index in [0.29, 0.717) is 4.83 Å². The highest BCUT2D eigenvalue weighted by Crippen LogP contribution is 2.38. The third-order valence-corrected chi connectivity index (χ3v) is 6.41. The van der Waals surface area contributed by atoms with Crippen molar-refractivity contribution in [2.45, 2.75) is 70.0 Å². The van der Waals surface area contributed by atoms with Gasteiger partial charge in [-0.15, -0.1) is 11.3 Å². The number of rotatable bonds is 3. The number of hydrogen-bond acceptors (Lipinski definition) is 2. The van der Waals surface area contributed by atoms with Crippen LogP contribution in [0.1, 0.15) is 64.1 Å². The molecule has 1 heterocycles. The van der Waals surface area contributed by atoms with E-state index in [-0.39, 0.29) is 5.41 Å². The minimum Gasteiger partial charge on any atom is -0.246 e. The third-order valence-electron chi connectivity index (χ3n) is 4.33. The van der Waals surface area contributed by atoms with E-state index in [0.717, 1.165) is 18.3 Å². The smallest absolute Gasteiger partial charge is 0.0931 e. The molecule has 1 aromatic heterocycles. The van der Waals surface area contributed by atoms with Crippen LogP contribution in [0, 0.1) is 11.8 Å². The number of hydrogen-bond donors (Lipinski definition) is 0. The number of aromatic nitrogens is 1. The van der Waals surface area contributed by atoms with Crippen molar-refractivity contribution in [1.82, 2.24) is 4.98 Å². The first-order valence-corrected chi connectivity index (χ1v) is 9.28. The Bertz CT molecular complexity index is 407. The second-order valence-electron chi connectivity index (χ2n) is 6.94. The molecule has 1 aliphatic rings. The Morgan fingerprint density at radius 2 is 2.11 bits per heavy atom. The minimum absolute atomic E-state index is 0.182. The van der Waals surface area contributed by atoms with E-state index in [2.05, 4.69) is 49.0 Å². The Kier molecular flexibility index (Phi) is 5.10. The predicted molar refractivity (Wildman–Crippen MR) is 88.4 cm³/mol. The Morgan fingerprint density at radius 1 is 1.37 bits per heavy atom. The molecule has 3 heteroatoms. The first-order chi connectivity index (χ1) is 8.90. The molecule has 0 spiro atoms. The fraction of sp³-hybridized carbons (Fsp3) is 0.812. The van der Waals surface area contributed by atoms with Gasteiger partial charge in [-0.25, -0.2) is 4.98 Å². The van der Waals surface area contributed by atoms with Crippen LogP contribution in [0.15, 0.2) is 5.38 Å². The molecule has 0 aliphatic heterocycles. The quantitative estimate of drug-likeness (QED) is 0.653. The molecule has 1 aromatic rings. The molecule has 3 unspecified atom stereocenters. The minimum atomic E-state index is 0.182. The molecule has 0 bridgehead atoms. The molecule has 3 atom stereocenters. The first-order valence-electron chi connectivity index (χ1n) is 7.49. The Morgan fingerprint density at radius 3 is 2.68 bits per heavy atom. The van der Waals surface area contributed by atoms with Crippen LogP contribution in [0.25, 0.3) is 0 Å².